The van der Waals surface area contributed by atoms with E-state index in [-0.39, 0.29) is 47.6 Å². The monoisotopic (exact) mass is 494 g/mol. The van der Waals surface area contributed by atoms with Gasteiger partial charge in [0, 0.05) is 25.2 Å². The summed E-state index contributed by atoms with van der Waals surface area (Å²) in [7, 11) is 0. The zero-order chi connectivity index (χ0) is 24.4. The van der Waals surface area contributed by atoms with Crippen LogP contribution in [0.3, 0.4) is 0 Å². The molecule has 6 nitrogen and oxygen atoms in total. The number of hydrogen-bond donors (Lipinski definition) is 0. The Balaban J connectivity index is 1.55. The van der Waals surface area contributed by atoms with Gasteiger partial charge >= 0.3 is 0 Å². The number of hydrogen-bond acceptors (Lipinski definition) is 4. The zero-order valence-electron chi connectivity index (χ0n) is 19.0. The molecule has 2 aliphatic rings. The number of allylic oxidation sites excluding steroid dienone is 1. The molecule has 3 heterocycles. The molecule has 0 aliphatic carbocycles. The molecule has 8 heteroatoms. The predicted octanol–water partition coefficient (Wildman–Crippen LogP) is 4.50. The van der Waals surface area contributed by atoms with Crippen molar-refractivity contribution in [2.24, 2.45) is 0 Å². The summed E-state index contributed by atoms with van der Waals surface area (Å²) in [6.07, 6.45) is 4.24. The number of aromatic nitrogens is 1. The Bertz CT molecular complexity index is 1350. The van der Waals surface area contributed by atoms with Crippen LogP contribution < -0.4 is 10.2 Å². The van der Waals surface area contributed by atoms with Crippen molar-refractivity contribution < 1.29 is 18.7 Å². The largest absolute Gasteiger partial charge is 0.483 e. The van der Waals surface area contributed by atoms with Crippen LogP contribution in [0.15, 0.2) is 65.5 Å². The summed E-state index contributed by atoms with van der Waals surface area (Å²) >= 11 is 5.94. The molecule has 0 spiro atoms. The first kappa shape index (κ1) is 23.3. The minimum atomic E-state index is -0.512. The maximum atomic E-state index is 13.7. The van der Waals surface area contributed by atoms with E-state index in [9.17, 15) is 14.0 Å². The minimum Gasteiger partial charge on any atom is -0.483 e. The first-order chi connectivity index (χ1) is 17.0. The van der Waals surface area contributed by atoms with Gasteiger partial charge < -0.3 is 18.9 Å². The van der Waals surface area contributed by atoms with Crippen LogP contribution in [0.1, 0.15) is 32.9 Å². The lowest BCUT2D eigenvalue weighted by molar-refractivity contribution is 0.0669. The third-order valence-corrected chi connectivity index (χ3v) is 6.54. The fourth-order valence-electron chi connectivity index (χ4n) is 4.47. The van der Waals surface area contributed by atoms with Crippen LogP contribution in [0.5, 0.6) is 5.75 Å². The molecule has 2 aromatic carbocycles. The van der Waals surface area contributed by atoms with Gasteiger partial charge in [-0.25, -0.2) is 4.39 Å². The van der Waals surface area contributed by atoms with Gasteiger partial charge in [-0.15, -0.1) is 0 Å². The Kier molecular flexibility index (Phi) is 6.70. The molecule has 0 atom stereocenters. The van der Waals surface area contributed by atoms with E-state index in [1.54, 1.807) is 11.0 Å². The third-order valence-electron chi connectivity index (χ3n) is 6.25. The standard InChI is InChI=1S/C27H24ClFN2O4/c28-21-14-19(9-10-22(21)29)15-30-11-12-31-23-17-34-13-5-4-8-20(23)25(32)26(24(31)27(30)33)35-16-18-6-2-1-3-7-18/h1-7,9-10,14H,8,11-13,15-17H2/b5-4-. The van der Waals surface area contributed by atoms with Crippen molar-refractivity contribution in [2.75, 3.05) is 13.2 Å². The lowest BCUT2D eigenvalue weighted by atomic mass is 10.0. The van der Waals surface area contributed by atoms with Crippen molar-refractivity contribution in [2.45, 2.75) is 32.7 Å². The number of ether oxygens (including phenoxy) is 2. The summed E-state index contributed by atoms with van der Waals surface area (Å²) < 4.78 is 27.2. The van der Waals surface area contributed by atoms with E-state index in [2.05, 4.69) is 0 Å². The normalized spacial score (nSPS) is 16.2. The average molecular weight is 495 g/mol. The maximum absolute atomic E-state index is 13.7. The smallest absolute Gasteiger partial charge is 0.274 e. The Morgan fingerprint density at radius 1 is 1.03 bits per heavy atom. The van der Waals surface area contributed by atoms with Crippen molar-refractivity contribution in [3.05, 3.63) is 110 Å². The highest BCUT2D eigenvalue weighted by molar-refractivity contribution is 6.30. The van der Waals surface area contributed by atoms with Crippen molar-refractivity contribution in [1.29, 1.82) is 0 Å². The summed E-state index contributed by atoms with van der Waals surface area (Å²) in [6, 6.07) is 13.9. The Morgan fingerprint density at radius 2 is 1.86 bits per heavy atom. The van der Waals surface area contributed by atoms with Crippen LogP contribution >= 0.6 is 11.6 Å². The molecule has 180 valence electrons. The van der Waals surface area contributed by atoms with Crippen molar-refractivity contribution in [3.63, 3.8) is 0 Å². The van der Waals surface area contributed by atoms with Crippen molar-refractivity contribution in [1.82, 2.24) is 9.47 Å². The number of carbonyl (C=O) groups is 1. The van der Waals surface area contributed by atoms with Crippen LogP contribution in [0.25, 0.3) is 0 Å². The summed E-state index contributed by atoms with van der Waals surface area (Å²) in [6.45, 7) is 1.98. The molecule has 1 aromatic heterocycles. The summed E-state index contributed by atoms with van der Waals surface area (Å²) in [4.78, 5) is 29.0. The number of amides is 1. The van der Waals surface area contributed by atoms with Gasteiger partial charge in [0.25, 0.3) is 5.91 Å². The van der Waals surface area contributed by atoms with Crippen LogP contribution in [0.2, 0.25) is 5.02 Å². The molecular weight excluding hydrogens is 471 g/mol. The summed E-state index contributed by atoms with van der Waals surface area (Å²) in [5.41, 5.74) is 2.81. The molecule has 5 rings (SSSR count). The quantitative estimate of drug-likeness (QED) is 0.490. The van der Waals surface area contributed by atoms with Crippen LogP contribution in [0.4, 0.5) is 4.39 Å². The van der Waals surface area contributed by atoms with E-state index in [0.29, 0.717) is 42.9 Å². The lowest BCUT2D eigenvalue weighted by Crippen LogP contribution is -2.43. The van der Waals surface area contributed by atoms with E-state index < -0.39 is 5.82 Å². The van der Waals surface area contributed by atoms with Gasteiger partial charge in [0.05, 0.1) is 23.9 Å². The molecule has 0 radical (unpaired) electrons. The SMILES string of the molecule is O=C1c2c(OCc3ccccc3)c(=O)c3c(n2CCN1Cc1ccc(F)c(Cl)c1)COC/C=C\C3. The van der Waals surface area contributed by atoms with Crippen LogP contribution in [-0.4, -0.2) is 28.5 Å². The van der Waals surface area contributed by atoms with Gasteiger partial charge in [-0.3, -0.25) is 9.59 Å². The topological polar surface area (TPSA) is 60.8 Å². The second kappa shape index (κ2) is 10.1. The van der Waals surface area contributed by atoms with Gasteiger partial charge in [0.1, 0.15) is 12.4 Å². The first-order valence-corrected chi connectivity index (χ1v) is 11.8. The van der Waals surface area contributed by atoms with E-state index in [1.165, 1.54) is 12.1 Å². The Hall–Kier alpha value is -3.42. The average Bonchev–Trinajstić information content (AvgIpc) is 2.84. The number of rotatable bonds is 5. The van der Waals surface area contributed by atoms with Gasteiger partial charge in [-0.1, -0.05) is 60.2 Å². The Morgan fingerprint density at radius 3 is 2.66 bits per heavy atom. The highest BCUT2D eigenvalue weighted by Gasteiger charge is 2.33. The molecule has 0 bridgehead atoms. The van der Waals surface area contributed by atoms with Crippen LogP contribution in [0, 0.1) is 5.82 Å². The summed E-state index contributed by atoms with van der Waals surface area (Å²) in [5.74, 6) is -0.785. The lowest BCUT2D eigenvalue weighted by Gasteiger charge is -2.33. The minimum absolute atomic E-state index is 0.00190. The number of pyridine rings is 1. The highest BCUT2D eigenvalue weighted by Crippen LogP contribution is 2.28. The second-order valence-electron chi connectivity index (χ2n) is 8.52. The van der Waals surface area contributed by atoms with Gasteiger partial charge in [-0.2, -0.15) is 0 Å². The molecule has 2 aliphatic heterocycles. The first-order valence-electron chi connectivity index (χ1n) is 11.4. The van der Waals surface area contributed by atoms with E-state index in [0.717, 1.165) is 5.56 Å². The van der Waals surface area contributed by atoms with Crippen LogP contribution in [-0.2, 0) is 37.5 Å². The second-order valence-corrected chi connectivity index (χ2v) is 8.93. The number of nitrogens with zero attached hydrogens (tertiary/aromatic N) is 2. The zero-order valence-corrected chi connectivity index (χ0v) is 19.8. The molecule has 0 unspecified atom stereocenters. The highest BCUT2D eigenvalue weighted by atomic mass is 35.5. The fourth-order valence-corrected chi connectivity index (χ4v) is 4.67. The van der Waals surface area contributed by atoms with E-state index >= 15 is 0 Å². The number of halogens is 2. The van der Waals surface area contributed by atoms with E-state index in [1.807, 2.05) is 47.1 Å². The third kappa shape index (κ3) is 4.74. The molecular formula is C27H24ClFN2O4. The molecule has 3 aromatic rings. The molecule has 0 fully saturated rings. The van der Waals surface area contributed by atoms with Crippen molar-refractivity contribution >= 4 is 17.5 Å². The molecule has 0 saturated carbocycles. The number of benzene rings is 2. The van der Waals surface area contributed by atoms with E-state index in [4.69, 9.17) is 21.1 Å². The Labute approximate surface area is 207 Å². The summed E-state index contributed by atoms with van der Waals surface area (Å²) in [5, 5.41) is 0.00190. The van der Waals surface area contributed by atoms with Gasteiger partial charge in [-0.05, 0) is 29.7 Å². The molecule has 1 amide bonds. The number of fused-ring (bicyclic) bond motifs is 3. The molecule has 0 saturated heterocycles. The van der Waals surface area contributed by atoms with Crippen molar-refractivity contribution in [3.8, 4) is 5.75 Å². The molecule has 0 N–H and O–H groups in total. The molecule has 35 heavy (non-hydrogen) atoms. The van der Waals surface area contributed by atoms with Gasteiger partial charge in [0.2, 0.25) is 5.43 Å². The fraction of sp³-hybridized carbons (Fsp3) is 0.259. The predicted molar refractivity (Wildman–Crippen MR) is 130 cm³/mol. The van der Waals surface area contributed by atoms with Gasteiger partial charge in [0.15, 0.2) is 11.4 Å². The maximum Gasteiger partial charge on any atom is 0.274 e. The number of carbonyl (C=O) groups excluding carboxylic acids is 1.